The minimum atomic E-state index is -0.221. The zero-order valence-electron chi connectivity index (χ0n) is 13.4. The molecule has 4 nitrogen and oxygen atoms in total. The summed E-state index contributed by atoms with van der Waals surface area (Å²) in [6, 6.07) is 15.2. The van der Waals surface area contributed by atoms with Gasteiger partial charge in [0.25, 0.3) is 0 Å². The topological polar surface area (TPSA) is 58.2 Å². The van der Waals surface area contributed by atoms with E-state index in [0.717, 1.165) is 21.8 Å². The summed E-state index contributed by atoms with van der Waals surface area (Å²) in [4.78, 5) is 24.3. The molecule has 23 heavy (non-hydrogen) atoms. The third kappa shape index (κ3) is 5.14. The molecule has 0 spiro atoms. The van der Waals surface area contributed by atoms with Crippen LogP contribution in [0.1, 0.15) is 19.4 Å². The number of benzene rings is 2. The van der Waals surface area contributed by atoms with Crippen LogP contribution in [-0.2, 0) is 9.59 Å². The van der Waals surface area contributed by atoms with Crippen LogP contribution in [0.25, 0.3) is 0 Å². The number of aryl methyl sites for hydroxylation is 1. The highest BCUT2D eigenvalue weighted by Crippen LogP contribution is 2.26. The minimum absolute atomic E-state index is 0.0322. The molecule has 120 valence electrons. The number of amides is 2. The lowest BCUT2D eigenvalue weighted by Gasteiger charge is -2.13. The number of carbonyl (C=O) groups excluding carboxylic acids is 2. The van der Waals surface area contributed by atoms with E-state index in [0.29, 0.717) is 0 Å². The van der Waals surface area contributed by atoms with Gasteiger partial charge >= 0.3 is 0 Å². The second-order valence-electron chi connectivity index (χ2n) is 5.27. The van der Waals surface area contributed by atoms with Crippen molar-refractivity contribution in [3.63, 3.8) is 0 Å². The first-order valence-corrected chi connectivity index (χ1v) is 8.24. The summed E-state index contributed by atoms with van der Waals surface area (Å²) < 4.78 is 0. The quantitative estimate of drug-likeness (QED) is 0.813. The van der Waals surface area contributed by atoms with Crippen molar-refractivity contribution in [1.82, 2.24) is 0 Å². The Morgan fingerprint density at radius 3 is 2.26 bits per heavy atom. The average molecular weight is 328 g/mol. The molecule has 5 heteroatoms. The maximum atomic E-state index is 12.3. The van der Waals surface area contributed by atoms with Gasteiger partial charge in [-0.25, -0.2) is 0 Å². The molecule has 2 rings (SSSR count). The zero-order chi connectivity index (χ0) is 16.8. The smallest absolute Gasteiger partial charge is 0.237 e. The van der Waals surface area contributed by atoms with Gasteiger partial charge in [-0.2, -0.15) is 0 Å². The van der Waals surface area contributed by atoms with E-state index < -0.39 is 0 Å². The molecule has 0 bridgehead atoms. The first-order valence-electron chi connectivity index (χ1n) is 7.36. The molecule has 1 atom stereocenters. The number of nitrogens with one attached hydrogen (secondary N) is 2. The van der Waals surface area contributed by atoms with Crippen LogP contribution in [0.5, 0.6) is 0 Å². The molecular weight excluding hydrogens is 308 g/mol. The lowest BCUT2D eigenvalue weighted by atomic mass is 10.2. The summed E-state index contributed by atoms with van der Waals surface area (Å²) in [5.74, 6) is -0.133. The highest BCUT2D eigenvalue weighted by molar-refractivity contribution is 8.00. The van der Waals surface area contributed by atoms with Crippen molar-refractivity contribution in [2.75, 3.05) is 10.6 Å². The van der Waals surface area contributed by atoms with Gasteiger partial charge in [0, 0.05) is 23.2 Å². The third-order valence-electron chi connectivity index (χ3n) is 3.26. The van der Waals surface area contributed by atoms with E-state index >= 15 is 0 Å². The zero-order valence-corrected chi connectivity index (χ0v) is 14.2. The molecule has 0 heterocycles. The Labute approximate surface area is 140 Å². The summed E-state index contributed by atoms with van der Waals surface area (Å²) in [7, 11) is 0. The van der Waals surface area contributed by atoms with Gasteiger partial charge in [0.05, 0.1) is 5.25 Å². The van der Waals surface area contributed by atoms with Crippen molar-refractivity contribution in [3.05, 3.63) is 54.1 Å². The molecule has 0 aliphatic carbocycles. The van der Waals surface area contributed by atoms with Gasteiger partial charge in [-0.15, -0.1) is 11.8 Å². The number of hydrogen-bond acceptors (Lipinski definition) is 3. The molecule has 2 aromatic carbocycles. The predicted octanol–water partition coefficient (Wildman–Crippen LogP) is 4.07. The number of carbonyl (C=O) groups is 2. The predicted molar refractivity (Wildman–Crippen MR) is 95.9 cm³/mol. The molecule has 2 amide bonds. The first kappa shape index (κ1) is 17.1. The Kier molecular flexibility index (Phi) is 5.82. The van der Waals surface area contributed by atoms with E-state index in [1.807, 2.05) is 62.4 Å². The molecule has 2 N–H and O–H groups in total. The molecule has 1 unspecified atom stereocenters. The molecule has 0 saturated heterocycles. The van der Waals surface area contributed by atoms with Gasteiger partial charge in [0.15, 0.2) is 0 Å². The molecule has 0 fully saturated rings. The van der Waals surface area contributed by atoms with Crippen LogP contribution < -0.4 is 10.6 Å². The Balaban J connectivity index is 1.95. The van der Waals surface area contributed by atoms with Crippen LogP contribution in [0.3, 0.4) is 0 Å². The van der Waals surface area contributed by atoms with Gasteiger partial charge in [-0.05, 0) is 49.7 Å². The average Bonchev–Trinajstić information content (AvgIpc) is 2.51. The maximum Gasteiger partial charge on any atom is 0.237 e. The molecule has 0 aliphatic rings. The Morgan fingerprint density at radius 1 is 1.00 bits per heavy atom. The summed E-state index contributed by atoms with van der Waals surface area (Å²) in [5.41, 5.74) is 2.63. The van der Waals surface area contributed by atoms with Crippen LogP contribution in [0, 0.1) is 6.92 Å². The van der Waals surface area contributed by atoms with Crippen molar-refractivity contribution in [2.24, 2.45) is 0 Å². The third-order valence-corrected chi connectivity index (χ3v) is 4.37. The lowest BCUT2D eigenvalue weighted by molar-refractivity contribution is -0.115. The number of para-hydroxylation sites is 1. The molecular formula is C18H20N2O2S. The fraction of sp³-hybridized carbons (Fsp3) is 0.222. The highest BCUT2D eigenvalue weighted by atomic mass is 32.2. The van der Waals surface area contributed by atoms with Gasteiger partial charge in [0.2, 0.25) is 11.8 Å². The van der Waals surface area contributed by atoms with Crippen molar-refractivity contribution in [1.29, 1.82) is 0 Å². The van der Waals surface area contributed by atoms with Crippen LogP contribution in [0.2, 0.25) is 0 Å². The number of thioether (sulfide) groups is 1. The van der Waals surface area contributed by atoms with Crippen LogP contribution in [-0.4, -0.2) is 17.1 Å². The fourth-order valence-electron chi connectivity index (χ4n) is 2.03. The number of anilines is 2. The van der Waals surface area contributed by atoms with Gasteiger partial charge in [-0.1, -0.05) is 18.2 Å². The summed E-state index contributed by atoms with van der Waals surface area (Å²) >= 11 is 1.48. The fourth-order valence-corrected chi connectivity index (χ4v) is 2.89. The summed E-state index contributed by atoms with van der Waals surface area (Å²) in [5, 5.41) is 5.45. The van der Waals surface area contributed by atoms with Crippen LogP contribution >= 0.6 is 11.8 Å². The normalized spacial score (nSPS) is 11.6. The highest BCUT2D eigenvalue weighted by Gasteiger charge is 2.15. The number of rotatable bonds is 5. The standard InChI is InChI=1S/C18H20N2O2S/c1-12-6-4-5-7-17(12)20-18(22)13(2)23-16-10-8-15(9-11-16)19-14(3)21/h4-11,13H,1-3H3,(H,19,21)(H,20,22). The van der Waals surface area contributed by atoms with Crippen LogP contribution in [0.15, 0.2) is 53.4 Å². The first-order chi connectivity index (χ1) is 11.0. The molecule has 0 aromatic heterocycles. The van der Waals surface area contributed by atoms with Crippen molar-refractivity contribution in [3.8, 4) is 0 Å². The molecule has 0 aliphatic heterocycles. The van der Waals surface area contributed by atoms with Crippen LogP contribution in [0.4, 0.5) is 11.4 Å². The van der Waals surface area contributed by atoms with Gasteiger partial charge in [-0.3, -0.25) is 9.59 Å². The van der Waals surface area contributed by atoms with Gasteiger partial charge in [0.1, 0.15) is 0 Å². The number of hydrogen-bond donors (Lipinski definition) is 2. The van der Waals surface area contributed by atoms with E-state index in [2.05, 4.69) is 10.6 Å². The van der Waals surface area contributed by atoms with E-state index in [-0.39, 0.29) is 17.1 Å². The summed E-state index contributed by atoms with van der Waals surface area (Å²) in [6.07, 6.45) is 0. The van der Waals surface area contributed by atoms with E-state index in [1.54, 1.807) is 0 Å². The largest absolute Gasteiger partial charge is 0.326 e. The van der Waals surface area contributed by atoms with E-state index in [9.17, 15) is 9.59 Å². The van der Waals surface area contributed by atoms with Gasteiger partial charge < -0.3 is 10.6 Å². The second-order valence-corrected chi connectivity index (χ2v) is 6.68. The SMILES string of the molecule is CC(=O)Nc1ccc(SC(C)C(=O)Nc2ccccc2C)cc1. The minimum Gasteiger partial charge on any atom is -0.326 e. The Bertz CT molecular complexity index is 698. The Hall–Kier alpha value is -2.27. The molecule has 0 saturated carbocycles. The lowest BCUT2D eigenvalue weighted by Crippen LogP contribution is -2.22. The van der Waals surface area contributed by atoms with E-state index in [1.165, 1.54) is 18.7 Å². The molecule has 2 aromatic rings. The molecule has 0 radical (unpaired) electrons. The Morgan fingerprint density at radius 2 is 1.65 bits per heavy atom. The van der Waals surface area contributed by atoms with E-state index in [4.69, 9.17) is 0 Å². The summed E-state index contributed by atoms with van der Waals surface area (Å²) in [6.45, 7) is 5.31. The van der Waals surface area contributed by atoms with Crippen molar-refractivity contribution < 1.29 is 9.59 Å². The second kappa shape index (κ2) is 7.83. The monoisotopic (exact) mass is 328 g/mol. The van der Waals surface area contributed by atoms with Crippen molar-refractivity contribution >= 4 is 35.0 Å². The maximum absolute atomic E-state index is 12.3. The van der Waals surface area contributed by atoms with Crippen molar-refractivity contribution in [2.45, 2.75) is 30.9 Å².